The molecule has 0 aliphatic carbocycles. The Hall–Kier alpha value is -2.62. The summed E-state index contributed by atoms with van der Waals surface area (Å²) in [6.07, 6.45) is 5.34. The van der Waals surface area contributed by atoms with Gasteiger partial charge in [-0.25, -0.2) is 4.98 Å². The topological polar surface area (TPSA) is 51.0 Å². The minimum Gasteiger partial charge on any atom is -0.449 e. The van der Waals surface area contributed by atoms with Gasteiger partial charge in [-0.2, -0.15) is 0 Å². The molecule has 0 bridgehead atoms. The first-order valence-electron chi connectivity index (χ1n) is 6.91. The van der Waals surface area contributed by atoms with E-state index >= 15 is 0 Å². The Kier molecular flexibility index (Phi) is 3.69. The minimum atomic E-state index is 0.207. The third-order valence-electron chi connectivity index (χ3n) is 3.37. The SMILES string of the molecule is Cc1nc(-c2ccc(NC(C)c3cccnc3)cc2)co1. The summed E-state index contributed by atoms with van der Waals surface area (Å²) in [6, 6.07) is 12.4. The Morgan fingerprint density at radius 1 is 1.14 bits per heavy atom. The van der Waals surface area contributed by atoms with Crippen LogP contribution < -0.4 is 5.32 Å². The molecule has 21 heavy (non-hydrogen) atoms. The molecule has 4 nitrogen and oxygen atoms in total. The molecule has 2 heterocycles. The second-order valence-electron chi connectivity index (χ2n) is 4.98. The summed E-state index contributed by atoms with van der Waals surface area (Å²) < 4.78 is 5.24. The summed E-state index contributed by atoms with van der Waals surface area (Å²) in [4.78, 5) is 8.47. The van der Waals surface area contributed by atoms with Gasteiger partial charge in [0, 0.05) is 30.6 Å². The van der Waals surface area contributed by atoms with E-state index in [0.717, 1.165) is 22.5 Å². The number of anilines is 1. The van der Waals surface area contributed by atoms with Gasteiger partial charge >= 0.3 is 0 Å². The van der Waals surface area contributed by atoms with Crippen LogP contribution in [0.4, 0.5) is 5.69 Å². The van der Waals surface area contributed by atoms with Gasteiger partial charge < -0.3 is 9.73 Å². The van der Waals surface area contributed by atoms with Crippen molar-refractivity contribution < 1.29 is 4.42 Å². The van der Waals surface area contributed by atoms with Gasteiger partial charge in [0.25, 0.3) is 0 Å². The smallest absolute Gasteiger partial charge is 0.191 e. The van der Waals surface area contributed by atoms with Gasteiger partial charge in [-0.05, 0) is 30.7 Å². The Morgan fingerprint density at radius 2 is 1.95 bits per heavy atom. The number of hydrogen-bond acceptors (Lipinski definition) is 4. The number of benzene rings is 1. The first-order chi connectivity index (χ1) is 10.2. The highest BCUT2D eigenvalue weighted by molar-refractivity contribution is 5.62. The highest BCUT2D eigenvalue weighted by Crippen LogP contribution is 2.23. The van der Waals surface area contributed by atoms with Crippen LogP contribution in [-0.2, 0) is 0 Å². The first kappa shape index (κ1) is 13.4. The molecule has 0 fully saturated rings. The van der Waals surface area contributed by atoms with Crippen LogP contribution in [0, 0.1) is 6.92 Å². The average Bonchev–Trinajstić information content (AvgIpc) is 2.95. The monoisotopic (exact) mass is 279 g/mol. The Bertz CT molecular complexity index is 704. The normalized spacial score (nSPS) is 12.1. The van der Waals surface area contributed by atoms with Crippen molar-refractivity contribution in [1.29, 1.82) is 0 Å². The molecule has 4 heteroatoms. The summed E-state index contributed by atoms with van der Waals surface area (Å²) in [7, 11) is 0. The van der Waals surface area contributed by atoms with E-state index in [1.807, 2.05) is 43.5 Å². The van der Waals surface area contributed by atoms with Crippen LogP contribution in [0.2, 0.25) is 0 Å². The van der Waals surface area contributed by atoms with E-state index in [9.17, 15) is 0 Å². The predicted molar refractivity (Wildman–Crippen MR) is 83.0 cm³/mol. The van der Waals surface area contributed by atoms with E-state index < -0.39 is 0 Å². The zero-order chi connectivity index (χ0) is 14.7. The molecule has 0 amide bonds. The lowest BCUT2D eigenvalue weighted by molar-refractivity contribution is 0.521. The summed E-state index contributed by atoms with van der Waals surface area (Å²) in [5, 5.41) is 3.46. The molecule has 3 rings (SSSR count). The lowest BCUT2D eigenvalue weighted by atomic mass is 10.1. The predicted octanol–water partition coefficient (Wildman–Crippen LogP) is 4.22. The second kappa shape index (κ2) is 5.79. The van der Waals surface area contributed by atoms with Crippen LogP contribution in [-0.4, -0.2) is 9.97 Å². The van der Waals surface area contributed by atoms with Crippen molar-refractivity contribution in [1.82, 2.24) is 9.97 Å². The molecule has 106 valence electrons. The van der Waals surface area contributed by atoms with Crippen molar-refractivity contribution in [3.8, 4) is 11.3 Å². The summed E-state index contributed by atoms with van der Waals surface area (Å²) in [5.41, 5.74) is 4.13. The van der Waals surface area contributed by atoms with E-state index in [1.165, 1.54) is 0 Å². The number of rotatable bonds is 4. The maximum absolute atomic E-state index is 5.24. The molecule has 0 aliphatic heterocycles. The van der Waals surface area contributed by atoms with E-state index in [-0.39, 0.29) is 6.04 Å². The average molecular weight is 279 g/mol. The lowest BCUT2D eigenvalue weighted by Gasteiger charge is -2.15. The van der Waals surface area contributed by atoms with E-state index in [0.29, 0.717) is 5.89 Å². The molecule has 0 aliphatic rings. The van der Waals surface area contributed by atoms with Gasteiger partial charge in [-0.15, -0.1) is 0 Å². The molecule has 0 saturated heterocycles. The van der Waals surface area contributed by atoms with E-state index in [2.05, 4.69) is 28.3 Å². The first-order valence-corrected chi connectivity index (χ1v) is 6.91. The quantitative estimate of drug-likeness (QED) is 0.777. The molecule has 1 atom stereocenters. The van der Waals surface area contributed by atoms with Crippen molar-refractivity contribution in [2.24, 2.45) is 0 Å². The Morgan fingerprint density at radius 3 is 2.57 bits per heavy atom. The highest BCUT2D eigenvalue weighted by atomic mass is 16.3. The maximum atomic E-state index is 5.24. The number of aromatic nitrogens is 2. The van der Waals surface area contributed by atoms with Crippen molar-refractivity contribution in [3.63, 3.8) is 0 Å². The van der Waals surface area contributed by atoms with Crippen LogP contribution in [0.5, 0.6) is 0 Å². The lowest BCUT2D eigenvalue weighted by Crippen LogP contribution is -2.06. The van der Waals surface area contributed by atoms with Gasteiger partial charge in [0.2, 0.25) is 0 Å². The zero-order valence-electron chi connectivity index (χ0n) is 12.1. The third kappa shape index (κ3) is 3.11. The summed E-state index contributed by atoms with van der Waals surface area (Å²) in [5.74, 6) is 0.678. The van der Waals surface area contributed by atoms with Gasteiger partial charge in [0.15, 0.2) is 5.89 Å². The maximum Gasteiger partial charge on any atom is 0.191 e. The molecule has 1 N–H and O–H groups in total. The van der Waals surface area contributed by atoms with Crippen molar-refractivity contribution in [3.05, 3.63) is 66.5 Å². The fourth-order valence-electron chi connectivity index (χ4n) is 2.20. The molecule has 1 aromatic carbocycles. The molecular weight excluding hydrogens is 262 g/mol. The molecule has 3 aromatic rings. The number of nitrogens with zero attached hydrogens (tertiary/aromatic N) is 2. The fourth-order valence-corrected chi connectivity index (χ4v) is 2.20. The molecule has 0 saturated carbocycles. The molecule has 2 aromatic heterocycles. The van der Waals surface area contributed by atoms with Gasteiger partial charge in [0.1, 0.15) is 12.0 Å². The Balaban J connectivity index is 1.73. The van der Waals surface area contributed by atoms with Crippen molar-refractivity contribution >= 4 is 5.69 Å². The van der Waals surface area contributed by atoms with Gasteiger partial charge in [0.05, 0.1) is 6.04 Å². The number of oxazole rings is 1. The molecule has 1 unspecified atom stereocenters. The van der Waals surface area contributed by atoms with Crippen LogP contribution in [0.1, 0.15) is 24.4 Å². The van der Waals surface area contributed by atoms with Crippen LogP contribution in [0.15, 0.2) is 59.5 Å². The Labute approximate surface area is 123 Å². The van der Waals surface area contributed by atoms with Gasteiger partial charge in [-0.1, -0.05) is 18.2 Å². The van der Waals surface area contributed by atoms with Crippen molar-refractivity contribution in [2.45, 2.75) is 19.9 Å². The number of nitrogens with one attached hydrogen (secondary N) is 1. The standard InChI is InChI=1S/C17H17N3O/c1-12(15-4-3-9-18-10-15)19-16-7-5-14(6-8-16)17-11-21-13(2)20-17/h3-12,19H,1-2H3. The number of aryl methyl sites for hydroxylation is 1. The second-order valence-corrected chi connectivity index (χ2v) is 4.98. The summed E-state index contributed by atoms with van der Waals surface area (Å²) >= 11 is 0. The summed E-state index contributed by atoms with van der Waals surface area (Å²) in [6.45, 7) is 3.96. The largest absolute Gasteiger partial charge is 0.449 e. The molecular formula is C17H17N3O. The highest BCUT2D eigenvalue weighted by Gasteiger charge is 2.06. The fraction of sp³-hybridized carbons (Fsp3) is 0.176. The van der Waals surface area contributed by atoms with Crippen molar-refractivity contribution in [2.75, 3.05) is 5.32 Å². The van der Waals surface area contributed by atoms with Crippen LogP contribution >= 0.6 is 0 Å². The third-order valence-corrected chi connectivity index (χ3v) is 3.37. The van der Waals surface area contributed by atoms with Crippen LogP contribution in [0.3, 0.4) is 0 Å². The number of hydrogen-bond donors (Lipinski definition) is 1. The minimum absolute atomic E-state index is 0.207. The molecule has 0 spiro atoms. The van der Waals surface area contributed by atoms with Crippen LogP contribution in [0.25, 0.3) is 11.3 Å². The van der Waals surface area contributed by atoms with Gasteiger partial charge in [-0.3, -0.25) is 4.98 Å². The number of pyridine rings is 1. The molecule has 0 radical (unpaired) electrons. The van der Waals surface area contributed by atoms with E-state index in [1.54, 1.807) is 12.5 Å². The zero-order valence-corrected chi connectivity index (χ0v) is 12.1. The van der Waals surface area contributed by atoms with E-state index in [4.69, 9.17) is 4.42 Å².